The zero-order chi connectivity index (χ0) is 25.0. The van der Waals surface area contributed by atoms with Gasteiger partial charge in [0.2, 0.25) is 0 Å². The summed E-state index contributed by atoms with van der Waals surface area (Å²) in [5.74, 6) is -0.311. The average molecular weight is 479 g/mol. The summed E-state index contributed by atoms with van der Waals surface area (Å²) in [5, 5.41) is 6.40. The third kappa shape index (κ3) is 4.58. The van der Waals surface area contributed by atoms with Crippen LogP contribution in [0.4, 0.5) is 0 Å². The van der Waals surface area contributed by atoms with E-state index in [0.717, 1.165) is 38.9 Å². The van der Waals surface area contributed by atoms with Crippen molar-refractivity contribution in [2.24, 2.45) is 5.10 Å². The molecular formula is C32H22N4O. The van der Waals surface area contributed by atoms with Crippen molar-refractivity contribution in [2.75, 3.05) is 0 Å². The maximum absolute atomic E-state index is 12.9. The summed E-state index contributed by atoms with van der Waals surface area (Å²) in [6, 6.07) is 39.4. The Morgan fingerprint density at radius 1 is 0.649 bits per heavy atom. The van der Waals surface area contributed by atoms with Crippen LogP contribution in [0.25, 0.3) is 44.3 Å². The number of nitrogens with zero attached hydrogens (tertiary/aromatic N) is 3. The Morgan fingerprint density at radius 3 is 2.00 bits per heavy atom. The Labute approximate surface area is 214 Å². The SMILES string of the molecule is O=C(NN=Cc1cccc2ccccc12)c1ccc2nc(-c3ccccc3)c(-c3ccccc3)nc2c1. The molecule has 1 aromatic heterocycles. The second kappa shape index (κ2) is 9.84. The van der Waals surface area contributed by atoms with Gasteiger partial charge in [-0.3, -0.25) is 4.79 Å². The Bertz CT molecular complexity index is 1760. The van der Waals surface area contributed by atoms with Crippen molar-refractivity contribution in [3.05, 3.63) is 132 Å². The van der Waals surface area contributed by atoms with Gasteiger partial charge in [-0.2, -0.15) is 5.10 Å². The third-order valence-corrected chi connectivity index (χ3v) is 6.21. The zero-order valence-electron chi connectivity index (χ0n) is 19.9. The number of rotatable bonds is 5. The molecule has 5 heteroatoms. The maximum Gasteiger partial charge on any atom is 0.271 e. The molecule has 0 bridgehead atoms. The van der Waals surface area contributed by atoms with Crippen LogP contribution in [0, 0.1) is 0 Å². The molecule has 0 saturated heterocycles. The second-order valence-corrected chi connectivity index (χ2v) is 8.62. The van der Waals surface area contributed by atoms with Gasteiger partial charge in [-0.1, -0.05) is 103 Å². The molecule has 5 nitrogen and oxygen atoms in total. The molecule has 0 aliphatic heterocycles. The first-order chi connectivity index (χ1) is 18.3. The number of carbonyl (C=O) groups excluding carboxylic acids is 1. The number of amides is 1. The number of hydrogen-bond donors (Lipinski definition) is 1. The highest BCUT2D eigenvalue weighted by molar-refractivity contribution is 6.01. The van der Waals surface area contributed by atoms with E-state index in [1.807, 2.05) is 109 Å². The van der Waals surface area contributed by atoms with E-state index in [2.05, 4.69) is 10.5 Å². The average Bonchev–Trinajstić information content (AvgIpc) is 2.97. The van der Waals surface area contributed by atoms with Gasteiger partial charge in [-0.05, 0) is 29.0 Å². The highest BCUT2D eigenvalue weighted by atomic mass is 16.2. The van der Waals surface area contributed by atoms with E-state index >= 15 is 0 Å². The number of aromatic nitrogens is 2. The van der Waals surface area contributed by atoms with E-state index in [1.165, 1.54) is 0 Å². The van der Waals surface area contributed by atoms with Crippen LogP contribution in [0.3, 0.4) is 0 Å². The molecule has 6 aromatic rings. The Balaban J connectivity index is 1.33. The number of nitrogens with one attached hydrogen (secondary N) is 1. The van der Waals surface area contributed by atoms with Crippen molar-refractivity contribution in [1.82, 2.24) is 15.4 Å². The molecule has 1 heterocycles. The smallest absolute Gasteiger partial charge is 0.267 e. The predicted molar refractivity (Wildman–Crippen MR) is 149 cm³/mol. The minimum absolute atomic E-state index is 0.311. The van der Waals surface area contributed by atoms with E-state index in [-0.39, 0.29) is 5.91 Å². The van der Waals surface area contributed by atoms with Crippen LogP contribution in [-0.2, 0) is 0 Å². The Morgan fingerprint density at radius 2 is 1.27 bits per heavy atom. The van der Waals surface area contributed by atoms with Gasteiger partial charge in [0, 0.05) is 22.3 Å². The maximum atomic E-state index is 12.9. The summed E-state index contributed by atoms with van der Waals surface area (Å²) in [4.78, 5) is 22.8. The highest BCUT2D eigenvalue weighted by Gasteiger charge is 2.14. The van der Waals surface area contributed by atoms with Crippen molar-refractivity contribution in [3.63, 3.8) is 0 Å². The fourth-order valence-electron chi connectivity index (χ4n) is 4.38. The number of carbonyl (C=O) groups is 1. The molecule has 0 fully saturated rings. The van der Waals surface area contributed by atoms with Gasteiger partial charge in [0.1, 0.15) is 0 Å². The molecule has 5 aromatic carbocycles. The molecule has 1 N–H and O–H groups in total. The van der Waals surface area contributed by atoms with Crippen LogP contribution in [0.1, 0.15) is 15.9 Å². The first kappa shape index (κ1) is 22.3. The van der Waals surface area contributed by atoms with Crippen LogP contribution in [0.5, 0.6) is 0 Å². The minimum atomic E-state index is -0.311. The molecule has 0 radical (unpaired) electrons. The third-order valence-electron chi connectivity index (χ3n) is 6.21. The van der Waals surface area contributed by atoms with E-state index in [9.17, 15) is 4.79 Å². The quantitative estimate of drug-likeness (QED) is 0.217. The van der Waals surface area contributed by atoms with Crippen molar-refractivity contribution in [3.8, 4) is 22.5 Å². The molecule has 0 unspecified atom stereocenters. The van der Waals surface area contributed by atoms with Gasteiger partial charge >= 0.3 is 0 Å². The number of benzene rings is 5. The molecule has 1 amide bonds. The van der Waals surface area contributed by atoms with E-state index in [4.69, 9.17) is 9.97 Å². The molecule has 176 valence electrons. The summed E-state index contributed by atoms with van der Waals surface area (Å²) in [7, 11) is 0. The summed E-state index contributed by atoms with van der Waals surface area (Å²) < 4.78 is 0. The van der Waals surface area contributed by atoms with Crippen LogP contribution in [0.15, 0.2) is 126 Å². The standard InChI is InChI=1S/C32H22N4O/c37-32(36-33-21-26-16-9-15-22-10-7-8-17-27(22)26)25-18-19-28-29(20-25)35-31(24-13-5-2-6-14-24)30(34-28)23-11-3-1-4-12-23/h1-21H,(H,36,37). The summed E-state index contributed by atoms with van der Waals surface area (Å²) in [6.07, 6.45) is 1.67. The fourth-order valence-corrected chi connectivity index (χ4v) is 4.38. The van der Waals surface area contributed by atoms with Gasteiger partial charge in [-0.15, -0.1) is 0 Å². The summed E-state index contributed by atoms with van der Waals surface area (Å²) >= 11 is 0. The van der Waals surface area contributed by atoms with Crippen molar-refractivity contribution in [1.29, 1.82) is 0 Å². The lowest BCUT2D eigenvalue weighted by molar-refractivity contribution is 0.0955. The molecule has 37 heavy (non-hydrogen) atoms. The van der Waals surface area contributed by atoms with Crippen molar-refractivity contribution < 1.29 is 4.79 Å². The highest BCUT2D eigenvalue weighted by Crippen LogP contribution is 2.31. The van der Waals surface area contributed by atoms with E-state index in [1.54, 1.807) is 18.3 Å². The lowest BCUT2D eigenvalue weighted by atomic mass is 10.0. The zero-order valence-corrected chi connectivity index (χ0v) is 19.9. The van der Waals surface area contributed by atoms with Crippen molar-refractivity contribution >= 4 is 33.9 Å². The molecule has 0 spiro atoms. The van der Waals surface area contributed by atoms with Gasteiger partial charge < -0.3 is 0 Å². The lowest BCUT2D eigenvalue weighted by Gasteiger charge is -2.11. The van der Waals surface area contributed by atoms with Gasteiger partial charge in [-0.25, -0.2) is 15.4 Å². The van der Waals surface area contributed by atoms with E-state index in [0.29, 0.717) is 16.6 Å². The molecule has 0 aliphatic rings. The topological polar surface area (TPSA) is 67.2 Å². The lowest BCUT2D eigenvalue weighted by Crippen LogP contribution is -2.17. The molecule has 0 saturated carbocycles. The molecule has 6 rings (SSSR count). The summed E-state index contributed by atoms with van der Waals surface area (Å²) in [6.45, 7) is 0. The summed E-state index contributed by atoms with van der Waals surface area (Å²) in [5.41, 5.74) is 8.92. The first-order valence-corrected chi connectivity index (χ1v) is 12.0. The van der Waals surface area contributed by atoms with Crippen LogP contribution >= 0.6 is 0 Å². The van der Waals surface area contributed by atoms with Gasteiger partial charge in [0.25, 0.3) is 5.91 Å². The minimum Gasteiger partial charge on any atom is -0.267 e. The Hall–Kier alpha value is -5.16. The van der Waals surface area contributed by atoms with Gasteiger partial charge in [0.05, 0.1) is 28.6 Å². The number of fused-ring (bicyclic) bond motifs is 2. The van der Waals surface area contributed by atoms with Crippen LogP contribution < -0.4 is 5.43 Å². The normalized spacial score (nSPS) is 11.2. The van der Waals surface area contributed by atoms with E-state index < -0.39 is 0 Å². The predicted octanol–water partition coefficient (Wildman–Crippen LogP) is 6.88. The van der Waals surface area contributed by atoms with Crippen LogP contribution in [0.2, 0.25) is 0 Å². The molecular weight excluding hydrogens is 456 g/mol. The van der Waals surface area contributed by atoms with Crippen LogP contribution in [-0.4, -0.2) is 22.1 Å². The Kier molecular flexibility index (Phi) is 5.93. The van der Waals surface area contributed by atoms with Crippen molar-refractivity contribution in [2.45, 2.75) is 0 Å². The molecule has 0 atom stereocenters. The monoisotopic (exact) mass is 478 g/mol. The molecule has 0 aliphatic carbocycles. The number of hydrogen-bond acceptors (Lipinski definition) is 4. The number of hydrazone groups is 1. The second-order valence-electron chi connectivity index (χ2n) is 8.62. The fraction of sp³-hybridized carbons (Fsp3) is 0. The largest absolute Gasteiger partial charge is 0.271 e. The first-order valence-electron chi connectivity index (χ1n) is 12.0. The van der Waals surface area contributed by atoms with Gasteiger partial charge in [0.15, 0.2) is 0 Å².